The van der Waals surface area contributed by atoms with Crippen LogP contribution in [-0.2, 0) is 12.8 Å². The zero-order valence-corrected chi connectivity index (χ0v) is 15.7. The highest BCUT2D eigenvalue weighted by atomic mass is 14.2. The van der Waals surface area contributed by atoms with Crippen LogP contribution in [0.25, 0.3) is 0 Å². The number of hydrogen-bond donors (Lipinski definition) is 0. The van der Waals surface area contributed by atoms with E-state index in [1.807, 2.05) is 62.4 Å². The Morgan fingerprint density at radius 2 is 1.04 bits per heavy atom. The third-order valence-electron chi connectivity index (χ3n) is 3.92. The molecule has 0 fully saturated rings. The molecule has 0 saturated heterocycles. The minimum atomic E-state index is 0.970. The summed E-state index contributed by atoms with van der Waals surface area (Å²) in [5.41, 5.74) is 4.94. The molecular formula is C24H26N2. The molecule has 0 spiro atoms. The van der Waals surface area contributed by atoms with Gasteiger partial charge in [-0.2, -0.15) is 10.5 Å². The topological polar surface area (TPSA) is 47.6 Å². The molecule has 0 unspecified atom stereocenters. The van der Waals surface area contributed by atoms with Gasteiger partial charge < -0.3 is 0 Å². The molecule has 0 aromatic heterocycles. The van der Waals surface area contributed by atoms with Crippen LogP contribution < -0.4 is 0 Å². The Hall–Kier alpha value is -3.10. The molecule has 0 atom stereocenters. The monoisotopic (exact) mass is 342 g/mol. The van der Waals surface area contributed by atoms with Crippen molar-refractivity contribution >= 4 is 0 Å². The molecule has 2 nitrogen and oxygen atoms in total. The maximum atomic E-state index is 8.41. The average Bonchev–Trinajstić information content (AvgIpc) is 2.67. The predicted molar refractivity (Wildman–Crippen MR) is 108 cm³/mol. The first-order chi connectivity index (χ1) is 12.7. The van der Waals surface area contributed by atoms with Crippen LogP contribution in [0.4, 0.5) is 0 Å². The second-order valence-electron chi connectivity index (χ2n) is 6.21. The lowest BCUT2D eigenvalue weighted by Gasteiger charge is -1.99. The SMILES string of the molecule is C/C(=C\C#N)CCc1ccccc1.C/C(=C\C#N)CCc1ccccc1. The molecule has 2 rings (SSSR count). The van der Waals surface area contributed by atoms with E-state index in [0.717, 1.165) is 36.8 Å². The van der Waals surface area contributed by atoms with Gasteiger partial charge >= 0.3 is 0 Å². The third-order valence-corrected chi connectivity index (χ3v) is 3.92. The van der Waals surface area contributed by atoms with E-state index in [9.17, 15) is 0 Å². The van der Waals surface area contributed by atoms with Gasteiger partial charge in [0, 0.05) is 12.2 Å². The molecule has 0 amide bonds. The zero-order valence-electron chi connectivity index (χ0n) is 15.7. The number of allylic oxidation sites excluding steroid dienone is 4. The van der Waals surface area contributed by atoms with Crippen molar-refractivity contribution in [3.63, 3.8) is 0 Å². The Morgan fingerprint density at radius 1 is 0.692 bits per heavy atom. The fraction of sp³-hybridized carbons (Fsp3) is 0.250. The maximum absolute atomic E-state index is 8.41. The summed E-state index contributed by atoms with van der Waals surface area (Å²) in [5, 5.41) is 16.8. The summed E-state index contributed by atoms with van der Waals surface area (Å²) in [6, 6.07) is 24.7. The van der Waals surface area contributed by atoms with Gasteiger partial charge in [-0.3, -0.25) is 0 Å². The maximum Gasteiger partial charge on any atom is 0.0911 e. The van der Waals surface area contributed by atoms with E-state index < -0.39 is 0 Å². The van der Waals surface area contributed by atoms with Crippen molar-refractivity contribution in [3.05, 3.63) is 95.1 Å². The van der Waals surface area contributed by atoms with Gasteiger partial charge in [-0.1, -0.05) is 71.8 Å². The van der Waals surface area contributed by atoms with E-state index in [4.69, 9.17) is 10.5 Å². The molecule has 132 valence electrons. The molecule has 0 heterocycles. The molecule has 0 aliphatic carbocycles. The number of nitriles is 2. The van der Waals surface area contributed by atoms with E-state index >= 15 is 0 Å². The highest BCUT2D eigenvalue weighted by Crippen LogP contribution is 2.08. The largest absolute Gasteiger partial charge is 0.193 e. The van der Waals surface area contributed by atoms with Gasteiger partial charge in [-0.15, -0.1) is 0 Å². The molecule has 0 bridgehead atoms. The van der Waals surface area contributed by atoms with Crippen LogP contribution in [0.3, 0.4) is 0 Å². The standard InChI is InChI=1S/2C12H13N/c2*1-11(9-10-13)7-8-12-5-3-2-4-6-12/h2*2-6,9H,7-8H2,1H3/b2*11-9+. The molecule has 0 radical (unpaired) electrons. The Balaban J connectivity index is 0.000000260. The molecule has 0 N–H and O–H groups in total. The van der Waals surface area contributed by atoms with Crippen molar-refractivity contribution in [2.75, 3.05) is 0 Å². The van der Waals surface area contributed by atoms with Crippen molar-refractivity contribution in [2.45, 2.75) is 39.5 Å². The lowest BCUT2D eigenvalue weighted by Crippen LogP contribution is -1.85. The van der Waals surface area contributed by atoms with Crippen molar-refractivity contribution in [1.29, 1.82) is 10.5 Å². The first kappa shape index (κ1) is 20.9. The Morgan fingerprint density at radius 3 is 1.35 bits per heavy atom. The molecule has 0 aliphatic heterocycles. The highest BCUT2D eigenvalue weighted by molar-refractivity contribution is 5.19. The predicted octanol–water partition coefficient (Wildman–Crippen LogP) is 6.18. The molecule has 0 aliphatic rings. The smallest absolute Gasteiger partial charge is 0.0911 e. The van der Waals surface area contributed by atoms with Gasteiger partial charge in [-0.25, -0.2) is 0 Å². The van der Waals surface area contributed by atoms with Crippen LogP contribution in [0.2, 0.25) is 0 Å². The third kappa shape index (κ3) is 9.91. The Bertz CT molecular complexity index is 703. The molecule has 2 heteroatoms. The number of benzene rings is 2. The van der Waals surface area contributed by atoms with Crippen LogP contribution in [0.5, 0.6) is 0 Å². The fourth-order valence-electron chi connectivity index (χ4n) is 2.34. The first-order valence-corrected chi connectivity index (χ1v) is 8.84. The van der Waals surface area contributed by atoms with Crippen molar-refractivity contribution < 1.29 is 0 Å². The lowest BCUT2D eigenvalue weighted by atomic mass is 10.1. The lowest BCUT2D eigenvalue weighted by molar-refractivity contribution is 0.942. The summed E-state index contributed by atoms with van der Waals surface area (Å²) < 4.78 is 0. The average molecular weight is 342 g/mol. The zero-order chi connectivity index (χ0) is 19.0. The fourth-order valence-corrected chi connectivity index (χ4v) is 2.34. The number of nitrogens with zero attached hydrogens (tertiary/aromatic N) is 2. The van der Waals surface area contributed by atoms with Gasteiger partial charge in [0.1, 0.15) is 0 Å². The minimum absolute atomic E-state index is 0.970. The van der Waals surface area contributed by atoms with E-state index in [2.05, 4.69) is 24.3 Å². The molecule has 0 saturated carbocycles. The van der Waals surface area contributed by atoms with Crippen LogP contribution in [0.15, 0.2) is 84.0 Å². The second kappa shape index (κ2) is 13.2. The normalized spacial score (nSPS) is 10.9. The van der Waals surface area contributed by atoms with Gasteiger partial charge in [0.15, 0.2) is 0 Å². The molecule has 2 aromatic carbocycles. The van der Waals surface area contributed by atoms with Crippen molar-refractivity contribution in [2.24, 2.45) is 0 Å². The van der Waals surface area contributed by atoms with Crippen LogP contribution in [-0.4, -0.2) is 0 Å². The van der Waals surface area contributed by atoms with Crippen molar-refractivity contribution in [1.82, 2.24) is 0 Å². The summed E-state index contributed by atoms with van der Waals surface area (Å²) in [4.78, 5) is 0. The Labute approximate surface area is 157 Å². The molecular weight excluding hydrogens is 316 g/mol. The van der Waals surface area contributed by atoms with Crippen LogP contribution >= 0.6 is 0 Å². The highest BCUT2D eigenvalue weighted by Gasteiger charge is 1.93. The second-order valence-corrected chi connectivity index (χ2v) is 6.21. The summed E-state index contributed by atoms with van der Waals surface area (Å²) in [7, 11) is 0. The van der Waals surface area contributed by atoms with Crippen LogP contribution in [0.1, 0.15) is 37.8 Å². The van der Waals surface area contributed by atoms with E-state index in [-0.39, 0.29) is 0 Å². The van der Waals surface area contributed by atoms with Gasteiger partial charge in [0.2, 0.25) is 0 Å². The van der Waals surface area contributed by atoms with E-state index in [0.29, 0.717) is 0 Å². The summed E-state index contributed by atoms with van der Waals surface area (Å²) >= 11 is 0. The summed E-state index contributed by atoms with van der Waals surface area (Å²) in [5.74, 6) is 0. The van der Waals surface area contributed by atoms with Crippen molar-refractivity contribution in [3.8, 4) is 12.1 Å². The van der Waals surface area contributed by atoms with E-state index in [1.54, 1.807) is 12.2 Å². The van der Waals surface area contributed by atoms with Crippen LogP contribution in [0, 0.1) is 22.7 Å². The number of hydrogen-bond acceptors (Lipinski definition) is 2. The Kier molecular flexibility index (Phi) is 10.6. The quantitative estimate of drug-likeness (QED) is 0.589. The van der Waals surface area contributed by atoms with Gasteiger partial charge in [0.05, 0.1) is 12.1 Å². The summed E-state index contributed by atoms with van der Waals surface area (Å²) in [6.07, 6.45) is 7.21. The minimum Gasteiger partial charge on any atom is -0.193 e. The number of aryl methyl sites for hydroxylation is 2. The molecule has 2 aromatic rings. The van der Waals surface area contributed by atoms with E-state index in [1.165, 1.54) is 11.1 Å². The summed E-state index contributed by atoms with van der Waals surface area (Å²) in [6.45, 7) is 3.98. The number of rotatable bonds is 6. The first-order valence-electron chi connectivity index (χ1n) is 8.84. The van der Waals surface area contributed by atoms with Gasteiger partial charge in [-0.05, 0) is 50.7 Å². The van der Waals surface area contributed by atoms with Gasteiger partial charge in [0.25, 0.3) is 0 Å². The molecule has 26 heavy (non-hydrogen) atoms.